The predicted molar refractivity (Wildman–Crippen MR) is 120 cm³/mol. The number of rotatable bonds is 11. The van der Waals surface area contributed by atoms with E-state index in [-0.39, 0.29) is 6.01 Å². The van der Waals surface area contributed by atoms with Crippen molar-refractivity contribution in [2.24, 2.45) is 5.10 Å². The van der Waals surface area contributed by atoms with Crippen molar-refractivity contribution in [3.8, 4) is 6.01 Å². The molecule has 168 valence electrons. The van der Waals surface area contributed by atoms with Gasteiger partial charge in [-0.25, -0.2) is 5.43 Å². The molecule has 0 aliphatic carbocycles. The SMILES string of the molecule is COCCN(C)c1nc(N/N=C/c2cccc(C)c2)nc(OCCN2CCOCC2)n1. The summed E-state index contributed by atoms with van der Waals surface area (Å²) >= 11 is 0. The highest BCUT2D eigenvalue weighted by atomic mass is 16.5. The minimum Gasteiger partial charge on any atom is -0.462 e. The Balaban J connectivity index is 1.66. The molecule has 2 heterocycles. The lowest BCUT2D eigenvalue weighted by Crippen LogP contribution is -2.38. The van der Waals surface area contributed by atoms with E-state index in [0.29, 0.717) is 31.7 Å². The molecule has 0 amide bonds. The van der Waals surface area contributed by atoms with Crippen molar-refractivity contribution >= 4 is 18.1 Å². The Hall–Kier alpha value is -2.82. The van der Waals surface area contributed by atoms with Crippen molar-refractivity contribution < 1.29 is 14.2 Å². The van der Waals surface area contributed by atoms with Gasteiger partial charge in [0.2, 0.25) is 5.95 Å². The molecule has 0 saturated carbocycles. The molecule has 0 spiro atoms. The normalized spacial score (nSPS) is 14.7. The number of nitrogens with zero attached hydrogens (tertiary/aromatic N) is 6. The van der Waals surface area contributed by atoms with Gasteiger partial charge in [0.15, 0.2) is 0 Å². The van der Waals surface area contributed by atoms with Gasteiger partial charge in [0.1, 0.15) is 6.61 Å². The number of nitrogens with one attached hydrogen (secondary N) is 1. The van der Waals surface area contributed by atoms with Gasteiger partial charge < -0.3 is 19.1 Å². The lowest BCUT2D eigenvalue weighted by Gasteiger charge is -2.26. The largest absolute Gasteiger partial charge is 0.462 e. The minimum atomic E-state index is 0.260. The zero-order chi connectivity index (χ0) is 21.9. The maximum Gasteiger partial charge on any atom is 0.323 e. The number of hydrogen-bond donors (Lipinski definition) is 1. The van der Waals surface area contributed by atoms with E-state index < -0.39 is 0 Å². The van der Waals surface area contributed by atoms with Crippen LogP contribution in [-0.4, -0.2) is 92.8 Å². The molecule has 1 N–H and O–H groups in total. The summed E-state index contributed by atoms with van der Waals surface area (Å²) in [6.07, 6.45) is 1.73. The average Bonchev–Trinajstić information content (AvgIpc) is 2.78. The number of benzene rings is 1. The molecule has 0 radical (unpaired) electrons. The fraction of sp³-hybridized carbons (Fsp3) is 0.524. The molecule has 0 unspecified atom stereocenters. The summed E-state index contributed by atoms with van der Waals surface area (Å²) in [6, 6.07) is 8.32. The summed E-state index contributed by atoms with van der Waals surface area (Å²) in [6.45, 7) is 7.84. The second kappa shape index (κ2) is 12.1. The number of ether oxygens (including phenoxy) is 3. The van der Waals surface area contributed by atoms with Gasteiger partial charge in [0.05, 0.1) is 26.0 Å². The van der Waals surface area contributed by atoms with Crippen LogP contribution in [0.3, 0.4) is 0 Å². The highest BCUT2D eigenvalue weighted by Gasteiger charge is 2.13. The second-order valence-electron chi connectivity index (χ2n) is 7.24. The van der Waals surface area contributed by atoms with Crippen LogP contribution in [-0.2, 0) is 9.47 Å². The molecule has 31 heavy (non-hydrogen) atoms. The third-order valence-electron chi connectivity index (χ3n) is 4.74. The van der Waals surface area contributed by atoms with Crippen molar-refractivity contribution in [3.05, 3.63) is 35.4 Å². The summed E-state index contributed by atoms with van der Waals surface area (Å²) in [5.41, 5.74) is 5.04. The van der Waals surface area contributed by atoms with Crippen LogP contribution >= 0.6 is 0 Å². The number of aromatic nitrogens is 3. The minimum absolute atomic E-state index is 0.260. The average molecular weight is 430 g/mol. The number of anilines is 2. The Morgan fingerprint density at radius 2 is 2.06 bits per heavy atom. The van der Waals surface area contributed by atoms with E-state index in [1.54, 1.807) is 13.3 Å². The van der Waals surface area contributed by atoms with E-state index in [0.717, 1.165) is 38.4 Å². The van der Waals surface area contributed by atoms with E-state index in [9.17, 15) is 0 Å². The molecule has 2 aromatic rings. The van der Waals surface area contributed by atoms with Gasteiger partial charge in [0, 0.05) is 40.3 Å². The quantitative estimate of drug-likeness (QED) is 0.420. The van der Waals surface area contributed by atoms with Gasteiger partial charge in [-0.1, -0.05) is 29.8 Å². The zero-order valence-corrected chi connectivity index (χ0v) is 18.5. The molecule has 10 heteroatoms. The number of hydrogen-bond acceptors (Lipinski definition) is 10. The number of likely N-dealkylation sites (N-methyl/N-ethyl adjacent to an activating group) is 1. The van der Waals surface area contributed by atoms with E-state index in [4.69, 9.17) is 14.2 Å². The lowest BCUT2D eigenvalue weighted by molar-refractivity contribution is 0.0317. The van der Waals surface area contributed by atoms with E-state index in [2.05, 4.69) is 30.4 Å². The third-order valence-corrected chi connectivity index (χ3v) is 4.74. The van der Waals surface area contributed by atoms with Crippen molar-refractivity contribution in [1.29, 1.82) is 0 Å². The van der Waals surface area contributed by atoms with Gasteiger partial charge in [-0.2, -0.15) is 20.1 Å². The standard InChI is InChI=1S/C21H31N7O3/c1-17-5-4-6-18(15-17)16-22-26-19-23-20(27(2)7-11-29-3)25-21(24-19)31-14-10-28-8-12-30-13-9-28/h4-6,15-16H,7-14H2,1-3H3,(H,23,24,25,26)/b22-16+. The van der Waals surface area contributed by atoms with Crippen LogP contribution in [0.5, 0.6) is 6.01 Å². The second-order valence-corrected chi connectivity index (χ2v) is 7.24. The smallest absolute Gasteiger partial charge is 0.323 e. The van der Waals surface area contributed by atoms with Gasteiger partial charge in [-0.05, 0) is 12.5 Å². The number of hydrazone groups is 1. The van der Waals surface area contributed by atoms with E-state index in [1.807, 2.05) is 43.1 Å². The molecule has 0 atom stereocenters. The summed E-state index contributed by atoms with van der Waals surface area (Å²) in [7, 11) is 3.56. The van der Waals surface area contributed by atoms with Crippen molar-refractivity contribution in [2.75, 3.05) is 77.1 Å². The van der Waals surface area contributed by atoms with Crippen LogP contribution in [0, 0.1) is 6.92 Å². The van der Waals surface area contributed by atoms with Crippen LogP contribution in [0.15, 0.2) is 29.4 Å². The zero-order valence-electron chi connectivity index (χ0n) is 18.5. The first-order chi connectivity index (χ1) is 15.1. The molecule has 1 aromatic heterocycles. The van der Waals surface area contributed by atoms with Crippen molar-refractivity contribution in [3.63, 3.8) is 0 Å². The fourth-order valence-electron chi connectivity index (χ4n) is 2.97. The third kappa shape index (κ3) is 7.74. The molecule has 1 fully saturated rings. The predicted octanol–water partition coefficient (Wildman–Crippen LogP) is 1.42. The molecule has 3 rings (SSSR count). The number of aryl methyl sites for hydroxylation is 1. The fourth-order valence-corrected chi connectivity index (χ4v) is 2.97. The summed E-state index contributed by atoms with van der Waals surface area (Å²) in [4.78, 5) is 17.4. The first-order valence-corrected chi connectivity index (χ1v) is 10.4. The highest BCUT2D eigenvalue weighted by molar-refractivity contribution is 5.80. The Morgan fingerprint density at radius 1 is 1.23 bits per heavy atom. The first-order valence-electron chi connectivity index (χ1n) is 10.4. The topological polar surface area (TPSA) is 97.2 Å². The molecule has 1 saturated heterocycles. The van der Waals surface area contributed by atoms with Crippen molar-refractivity contribution in [2.45, 2.75) is 6.92 Å². The van der Waals surface area contributed by atoms with Crippen LogP contribution < -0.4 is 15.1 Å². The van der Waals surface area contributed by atoms with Gasteiger partial charge in [-0.3, -0.25) is 4.90 Å². The summed E-state index contributed by atoms with van der Waals surface area (Å²) in [5.74, 6) is 0.807. The van der Waals surface area contributed by atoms with Gasteiger partial charge in [-0.15, -0.1) is 0 Å². The van der Waals surface area contributed by atoms with E-state index in [1.165, 1.54) is 5.56 Å². The van der Waals surface area contributed by atoms with Gasteiger partial charge in [0.25, 0.3) is 5.95 Å². The summed E-state index contributed by atoms with van der Waals surface area (Å²) in [5, 5.41) is 4.26. The molecule has 1 aliphatic heterocycles. The maximum absolute atomic E-state index is 5.83. The molecule has 1 aromatic carbocycles. The Kier molecular flexibility index (Phi) is 8.95. The molecule has 10 nitrogen and oxygen atoms in total. The van der Waals surface area contributed by atoms with Crippen LogP contribution in [0.25, 0.3) is 0 Å². The molecule has 0 bridgehead atoms. The first kappa shape index (κ1) is 22.9. The summed E-state index contributed by atoms with van der Waals surface area (Å²) < 4.78 is 16.4. The van der Waals surface area contributed by atoms with E-state index >= 15 is 0 Å². The number of morpholine rings is 1. The Labute approximate surface area is 183 Å². The van der Waals surface area contributed by atoms with Crippen LogP contribution in [0.1, 0.15) is 11.1 Å². The number of methoxy groups -OCH3 is 1. The molecular weight excluding hydrogens is 398 g/mol. The molecular formula is C21H31N7O3. The van der Waals surface area contributed by atoms with Crippen molar-refractivity contribution in [1.82, 2.24) is 19.9 Å². The monoisotopic (exact) mass is 429 g/mol. The lowest BCUT2D eigenvalue weighted by atomic mass is 10.2. The highest BCUT2D eigenvalue weighted by Crippen LogP contribution is 2.14. The maximum atomic E-state index is 5.83. The Morgan fingerprint density at radius 3 is 2.84 bits per heavy atom. The van der Waals surface area contributed by atoms with Crippen LogP contribution in [0.2, 0.25) is 0 Å². The van der Waals surface area contributed by atoms with Crippen LogP contribution in [0.4, 0.5) is 11.9 Å². The Bertz CT molecular complexity index is 843. The molecule has 1 aliphatic rings. The van der Waals surface area contributed by atoms with Gasteiger partial charge >= 0.3 is 6.01 Å².